The van der Waals surface area contributed by atoms with Crippen LogP contribution in [-0.2, 0) is 13.0 Å². The molecule has 0 aliphatic rings. The smallest absolute Gasteiger partial charge is 0.191 e. The fourth-order valence-electron chi connectivity index (χ4n) is 3.58. The van der Waals surface area contributed by atoms with Crippen molar-refractivity contribution in [3.63, 3.8) is 0 Å². The number of aliphatic imine (C=N–C) groups is 1. The molecule has 0 aliphatic carbocycles. The van der Waals surface area contributed by atoms with Gasteiger partial charge in [-0.15, -0.1) is 10.2 Å². The van der Waals surface area contributed by atoms with Crippen molar-refractivity contribution >= 4 is 11.6 Å². The highest BCUT2D eigenvalue weighted by Gasteiger charge is 2.09. The lowest BCUT2D eigenvalue weighted by Crippen LogP contribution is -2.38. The van der Waals surface area contributed by atoms with Gasteiger partial charge in [-0.05, 0) is 50.6 Å². The van der Waals surface area contributed by atoms with E-state index in [4.69, 9.17) is 4.99 Å². The maximum absolute atomic E-state index is 4.80. The Morgan fingerprint density at radius 3 is 2.68 bits per heavy atom. The monoisotopic (exact) mass is 416 g/mol. The first-order valence-corrected chi connectivity index (χ1v) is 10.6. The molecule has 4 aromatic rings. The van der Waals surface area contributed by atoms with Crippen LogP contribution in [0.2, 0.25) is 0 Å². The predicted molar refractivity (Wildman–Crippen MR) is 123 cm³/mol. The van der Waals surface area contributed by atoms with Gasteiger partial charge >= 0.3 is 0 Å². The lowest BCUT2D eigenvalue weighted by Gasteiger charge is -2.13. The first kappa shape index (κ1) is 20.6. The van der Waals surface area contributed by atoms with Crippen LogP contribution in [0.1, 0.15) is 29.7 Å². The number of benzene rings is 1. The van der Waals surface area contributed by atoms with Crippen molar-refractivity contribution < 1.29 is 0 Å². The van der Waals surface area contributed by atoms with Crippen LogP contribution < -0.4 is 10.6 Å². The third kappa shape index (κ3) is 4.74. The van der Waals surface area contributed by atoms with Crippen molar-refractivity contribution in [3.8, 4) is 5.69 Å². The second-order valence-corrected chi connectivity index (χ2v) is 7.38. The van der Waals surface area contributed by atoms with Crippen LogP contribution in [0.4, 0.5) is 0 Å². The second kappa shape index (κ2) is 9.42. The Balaban J connectivity index is 1.45. The van der Waals surface area contributed by atoms with Gasteiger partial charge in [-0.1, -0.05) is 24.3 Å². The zero-order valence-electron chi connectivity index (χ0n) is 18.2. The number of para-hydroxylation sites is 1. The summed E-state index contributed by atoms with van der Waals surface area (Å²) in [6, 6.07) is 16.2. The summed E-state index contributed by atoms with van der Waals surface area (Å²) in [6.07, 6.45) is 2.73. The van der Waals surface area contributed by atoms with Gasteiger partial charge in [0.25, 0.3) is 0 Å². The van der Waals surface area contributed by atoms with Gasteiger partial charge in [-0.25, -0.2) is 9.67 Å². The molecule has 8 nitrogen and oxygen atoms in total. The molecule has 1 aromatic carbocycles. The number of hydrogen-bond acceptors (Lipinski definition) is 4. The molecule has 0 bridgehead atoms. The molecule has 0 saturated carbocycles. The molecule has 0 amide bonds. The largest absolute Gasteiger partial charge is 0.357 e. The van der Waals surface area contributed by atoms with E-state index in [1.807, 2.05) is 52.5 Å². The highest BCUT2D eigenvalue weighted by molar-refractivity contribution is 5.79. The molecule has 8 heteroatoms. The summed E-state index contributed by atoms with van der Waals surface area (Å²) in [5.41, 5.74) is 5.15. The zero-order chi connectivity index (χ0) is 21.6. The minimum atomic E-state index is 0.553. The standard InChI is InChI=1S/C23H28N8/c1-4-24-23(25-13-12-22-28-27-21-11-7-8-14-30(21)22)26-16-19-9-5-6-10-20(19)31-18(3)15-17(2)29-31/h5-11,14-15H,4,12-13,16H2,1-3H3,(H2,24,25,26). The topological polar surface area (TPSA) is 84.4 Å². The quantitative estimate of drug-likeness (QED) is 0.357. The van der Waals surface area contributed by atoms with Crippen molar-refractivity contribution in [2.45, 2.75) is 33.7 Å². The molecular weight excluding hydrogens is 388 g/mol. The van der Waals surface area contributed by atoms with E-state index in [-0.39, 0.29) is 0 Å². The molecule has 31 heavy (non-hydrogen) atoms. The number of guanidine groups is 1. The second-order valence-electron chi connectivity index (χ2n) is 7.38. The van der Waals surface area contributed by atoms with Gasteiger partial charge < -0.3 is 10.6 Å². The number of hydrogen-bond donors (Lipinski definition) is 2. The molecule has 0 unspecified atom stereocenters. The average Bonchev–Trinajstić information content (AvgIpc) is 3.34. The van der Waals surface area contributed by atoms with E-state index in [0.29, 0.717) is 13.1 Å². The Labute approximate surface area is 182 Å². The third-order valence-electron chi connectivity index (χ3n) is 5.01. The molecule has 0 aliphatic heterocycles. The van der Waals surface area contributed by atoms with Gasteiger partial charge in [-0.2, -0.15) is 5.10 Å². The van der Waals surface area contributed by atoms with Crippen molar-refractivity contribution in [1.82, 2.24) is 35.0 Å². The molecule has 3 heterocycles. The number of nitrogens with zero attached hydrogens (tertiary/aromatic N) is 6. The lowest BCUT2D eigenvalue weighted by molar-refractivity contribution is 0.761. The highest BCUT2D eigenvalue weighted by atomic mass is 15.3. The number of fused-ring (bicyclic) bond motifs is 1. The summed E-state index contributed by atoms with van der Waals surface area (Å²) in [6.45, 7) is 8.19. The van der Waals surface area contributed by atoms with Crippen LogP contribution in [-0.4, -0.2) is 43.4 Å². The predicted octanol–water partition coefficient (Wildman–Crippen LogP) is 2.83. The number of nitrogens with one attached hydrogen (secondary N) is 2. The van der Waals surface area contributed by atoms with Crippen LogP contribution in [0.5, 0.6) is 0 Å². The molecule has 3 aromatic heterocycles. The zero-order valence-corrected chi connectivity index (χ0v) is 18.2. The summed E-state index contributed by atoms with van der Waals surface area (Å²) in [4.78, 5) is 4.80. The molecule has 2 N–H and O–H groups in total. The Morgan fingerprint density at radius 1 is 1.03 bits per heavy atom. The Hall–Kier alpha value is -3.68. The summed E-state index contributed by atoms with van der Waals surface area (Å²) < 4.78 is 3.99. The minimum absolute atomic E-state index is 0.553. The minimum Gasteiger partial charge on any atom is -0.357 e. The van der Waals surface area contributed by atoms with E-state index in [2.05, 4.69) is 58.0 Å². The Morgan fingerprint density at radius 2 is 1.87 bits per heavy atom. The molecular formula is C23H28N8. The number of aromatic nitrogens is 5. The highest BCUT2D eigenvalue weighted by Crippen LogP contribution is 2.17. The van der Waals surface area contributed by atoms with E-state index in [9.17, 15) is 0 Å². The van der Waals surface area contributed by atoms with E-state index >= 15 is 0 Å². The van der Waals surface area contributed by atoms with Crippen LogP contribution in [0.3, 0.4) is 0 Å². The van der Waals surface area contributed by atoms with Gasteiger partial charge in [0.05, 0.1) is 17.9 Å². The van der Waals surface area contributed by atoms with Crippen molar-refractivity contribution in [3.05, 3.63) is 77.5 Å². The van der Waals surface area contributed by atoms with E-state index in [1.165, 1.54) is 0 Å². The number of aryl methyl sites for hydroxylation is 2. The molecule has 0 spiro atoms. The maximum atomic E-state index is 4.80. The summed E-state index contributed by atoms with van der Waals surface area (Å²) in [5, 5.41) is 19.8. The summed E-state index contributed by atoms with van der Waals surface area (Å²) >= 11 is 0. The molecule has 0 saturated heterocycles. The normalized spacial score (nSPS) is 11.8. The third-order valence-corrected chi connectivity index (χ3v) is 5.01. The maximum Gasteiger partial charge on any atom is 0.191 e. The van der Waals surface area contributed by atoms with Crippen molar-refractivity contribution in [1.29, 1.82) is 0 Å². The lowest BCUT2D eigenvalue weighted by atomic mass is 10.2. The SMILES string of the molecule is CCNC(=NCc1ccccc1-n1nc(C)cc1C)NCCc1nnc2ccccn12. The van der Waals surface area contributed by atoms with Crippen molar-refractivity contribution in [2.24, 2.45) is 4.99 Å². The average molecular weight is 417 g/mol. The molecule has 160 valence electrons. The first-order valence-electron chi connectivity index (χ1n) is 10.6. The van der Waals surface area contributed by atoms with Crippen LogP contribution >= 0.6 is 0 Å². The summed E-state index contributed by atoms with van der Waals surface area (Å²) in [7, 11) is 0. The Bertz CT molecular complexity index is 1190. The van der Waals surface area contributed by atoms with Crippen LogP contribution in [0.15, 0.2) is 59.7 Å². The van der Waals surface area contributed by atoms with E-state index in [1.54, 1.807) is 0 Å². The van der Waals surface area contributed by atoms with Gasteiger partial charge in [0.1, 0.15) is 5.82 Å². The Kier molecular flexibility index (Phi) is 6.26. The fourth-order valence-corrected chi connectivity index (χ4v) is 3.58. The van der Waals surface area contributed by atoms with Crippen LogP contribution in [0, 0.1) is 13.8 Å². The van der Waals surface area contributed by atoms with Crippen LogP contribution in [0.25, 0.3) is 11.3 Å². The molecule has 0 fully saturated rings. The molecule has 0 radical (unpaired) electrons. The van der Waals surface area contributed by atoms with Gasteiger partial charge in [-0.3, -0.25) is 4.40 Å². The van der Waals surface area contributed by atoms with E-state index in [0.717, 1.165) is 53.0 Å². The number of pyridine rings is 1. The number of rotatable bonds is 7. The molecule has 0 atom stereocenters. The molecule has 4 rings (SSSR count). The fraction of sp³-hybridized carbons (Fsp3) is 0.304. The summed E-state index contributed by atoms with van der Waals surface area (Å²) in [5.74, 6) is 1.70. The van der Waals surface area contributed by atoms with E-state index < -0.39 is 0 Å². The first-order chi connectivity index (χ1) is 15.2. The van der Waals surface area contributed by atoms with Gasteiger partial charge in [0.15, 0.2) is 11.6 Å². The van der Waals surface area contributed by atoms with Gasteiger partial charge in [0.2, 0.25) is 0 Å². The van der Waals surface area contributed by atoms with Crippen molar-refractivity contribution in [2.75, 3.05) is 13.1 Å². The van der Waals surface area contributed by atoms with Gasteiger partial charge in [0, 0.05) is 31.4 Å².